The van der Waals surface area contributed by atoms with Crippen LogP contribution in [0.3, 0.4) is 0 Å². The SMILES string of the molecule is C[C@@H]1CN(c2n[nH]c(Cc3ccncc3)n2)CCN1. The molecule has 0 aromatic carbocycles. The van der Waals surface area contributed by atoms with Crippen LogP contribution in [0.2, 0.25) is 0 Å². The van der Waals surface area contributed by atoms with E-state index in [9.17, 15) is 0 Å². The van der Waals surface area contributed by atoms with E-state index in [1.165, 1.54) is 5.56 Å². The normalized spacial score (nSPS) is 19.6. The van der Waals surface area contributed by atoms with Crippen LogP contribution < -0.4 is 10.2 Å². The molecule has 19 heavy (non-hydrogen) atoms. The first kappa shape index (κ1) is 12.1. The topological polar surface area (TPSA) is 69.7 Å². The largest absolute Gasteiger partial charge is 0.337 e. The van der Waals surface area contributed by atoms with Gasteiger partial charge in [0.2, 0.25) is 5.95 Å². The average molecular weight is 258 g/mol. The molecular formula is C13H18N6. The van der Waals surface area contributed by atoms with Crippen LogP contribution in [0, 0.1) is 0 Å². The fraction of sp³-hybridized carbons (Fsp3) is 0.462. The van der Waals surface area contributed by atoms with Gasteiger partial charge in [-0.3, -0.25) is 10.1 Å². The van der Waals surface area contributed by atoms with Crippen LogP contribution in [0.25, 0.3) is 0 Å². The quantitative estimate of drug-likeness (QED) is 0.843. The van der Waals surface area contributed by atoms with E-state index in [0.717, 1.165) is 37.8 Å². The van der Waals surface area contributed by atoms with E-state index in [-0.39, 0.29) is 0 Å². The minimum atomic E-state index is 0.482. The number of hydrogen-bond donors (Lipinski definition) is 2. The summed E-state index contributed by atoms with van der Waals surface area (Å²) in [5.41, 5.74) is 1.19. The predicted octanol–water partition coefficient (Wildman–Crippen LogP) is 0.589. The molecule has 2 aromatic heterocycles. The van der Waals surface area contributed by atoms with Crippen molar-refractivity contribution >= 4 is 5.95 Å². The lowest BCUT2D eigenvalue weighted by Gasteiger charge is -2.30. The Labute approximate surface area is 112 Å². The van der Waals surface area contributed by atoms with Crippen LogP contribution >= 0.6 is 0 Å². The third-order valence-electron chi connectivity index (χ3n) is 3.29. The van der Waals surface area contributed by atoms with Crippen LogP contribution in [0.5, 0.6) is 0 Å². The van der Waals surface area contributed by atoms with E-state index < -0.39 is 0 Å². The van der Waals surface area contributed by atoms with Gasteiger partial charge in [-0.25, -0.2) is 0 Å². The second-order valence-corrected chi connectivity index (χ2v) is 4.92. The Bertz CT molecular complexity index is 523. The summed E-state index contributed by atoms with van der Waals surface area (Å²) in [5, 5.41) is 10.8. The van der Waals surface area contributed by atoms with E-state index in [2.05, 4.69) is 37.3 Å². The number of nitrogens with zero attached hydrogens (tertiary/aromatic N) is 4. The number of piperazine rings is 1. The van der Waals surface area contributed by atoms with Crippen molar-refractivity contribution in [3.63, 3.8) is 0 Å². The molecule has 1 aliphatic heterocycles. The molecule has 3 heterocycles. The maximum absolute atomic E-state index is 4.57. The second kappa shape index (κ2) is 5.36. The first-order valence-corrected chi connectivity index (χ1v) is 6.60. The number of aromatic amines is 1. The molecule has 0 bridgehead atoms. The molecular weight excluding hydrogens is 240 g/mol. The van der Waals surface area contributed by atoms with E-state index in [0.29, 0.717) is 6.04 Å². The number of aromatic nitrogens is 4. The van der Waals surface area contributed by atoms with Gasteiger partial charge in [-0.05, 0) is 24.6 Å². The van der Waals surface area contributed by atoms with Gasteiger partial charge in [-0.1, -0.05) is 0 Å². The van der Waals surface area contributed by atoms with E-state index in [1.807, 2.05) is 12.1 Å². The highest BCUT2D eigenvalue weighted by molar-refractivity contribution is 5.31. The molecule has 0 saturated carbocycles. The number of rotatable bonds is 3. The Kier molecular flexibility index (Phi) is 3.41. The number of anilines is 1. The summed E-state index contributed by atoms with van der Waals surface area (Å²) in [6.07, 6.45) is 4.35. The smallest absolute Gasteiger partial charge is 0.244 e. The van der Waals surface area contributed by atoms with Crippen LogP contribution in [-0.2, 0) is 6.42 Å². The summed E-state index contributed by atoms with van der Waals surface area (Å²) in [6, 6.07) is 4.47. The van der Waals surface area contributed by atoms with Crippen molar-refractivity contribution in [2.75, 3.05) is 24.5 Å². The third-order valence-corrected chi connectivity index (χ3v) is 3.29. The lowest BCUT2D eigenvalue weighted by Crippen LogP contribution is -2.49. The lowest BCUT2D eigenvalue weighted by molar-refractivity contribution is 0.480. The van der Waals surface area contributed by atoms with Gasteiger partial charge in [0.15, 0.2) is 0 Å². The van der Waals surface area contributed by atoms with Crippen LogP contribution in [-0.4, -0.2) is 45.8 Å². The zero-order chi connectivity index (χ0) is 13.1. The summed E-state index contributed by atoms with van der Waals surface area (Å²) in [6.45, 7) is 5.07. The van der Waals surface area contributed by atoms with Crippen molar-refractivity contribution < 1.29 is 0 Å². The highest BCUT2D eigenvalue weighted by Gasteiger charge is 2.19. The Hall–Kier alpha value is -1.95. The summed E-state index contributed by atoms with van der Waals surface area (Å²) in [7, 11) is 0. The van der Waals surface area contributed by atoms with Gasteiger partial charge >= 0.3 is 0 Å². The number of pyridine rings is 1. The minimum Gasteiger partial charge on any atom is -0.337 e. The molecule has 0 radical (unpaired) electrons. The van der Waals surface area contributed by atoms with Crippen molar-refractivity contribution in [2.24, 2.45) is 0 Å². The first-order valence-electron chi connectivity index (χ1n) is 6.60. The number of hydrogen-bond acceptors (Lipinski definition) is 5. The molecule has 0 amide bonds. The molecule has 0 unspecified atom stereocenters. The molecule has 0 spiro atoms. The Morgan fingerprint density at radius 3 is 3.00 bits per heavy atom. The maximum atomic E-state index is 4.57. The Morgan fingerprint density at radius 1 is 1.37 bits per heavy atom. The highest BCUT2D eigenvalue weighted by Crippen LogP contribution is 2.12. The summed E-state index contributed by atoms with van der Waals surface area (Å²) in [5.74, 6) is 1.70. The Balaban J connectivity index is 1.69. The highest BCUT2D eigenvalue weighted by atomic mass is 15.4. The number of nitrogens with one attached hydrogen (secondary N) is 2. The molecule has 100 valence electrons. The molecule has 6 heteroatoms. The second-order valence-electron chi connectivity index (χ2n) is 4.92. The van der Waals surface area contributed by atoms with Gasteiger partial charge in [0.1, 0.15) is 5.82 Å². The summed E-state index contributed by atoms with van der Waals surface area (Å²) < 4.78 is 0. The molecule has 2 N–H and O–H groups in total. The molecule has 0 aliphatic carbocycles. The molecule has 6 nitrogen and oxygen atoms in total. The summed E-state index contributed by atoms with van der Waals surface area (Å²) in [4.78, 5) is 10.8. The molecule has 1 aliphatic rings. The predicted molar refractivity (Wildman–Crippen MR) is 73.1 cm³/mol. The molecule has 1 saturated heterocycles. The van der Waals surface area contributed by atoms with Gasteiger partial charge in [0, 0.05) is 44.5 Å². The molecule has 3 rings (SSSR count). The van der Waals surface area contributed by atoms with Crippen LogP contribution in [0.1, 0.15) is 18.3 Å². The van der Waals surface area contributed by atoms with E-state index in [4.69, 9.17) is 0 Å². The van der Waals surface area contributed by atoms with Crippen molar-refractivity contribution in [2.45, 2.75) is 19.4 Å². The molecule has 2 aromatic rings. The number of H-pyrrole nitrogens is 1. The third kappa shape index (κ3) is 2.90. The zero-order valence-electron chi connectivity index (χ0n) is 11.0. The maximum Gasteiger partial charge on any atom is 0.244 e. The van der Waals surface area contributed by atoms with Gasteiger partial charge in [-0.15, -0.1) is 5.10 Å². The summed E-state index contributed by atoms with van der Waals surface area (Å²) >= 11 is 0. The lowest BCUT2D eigenvalue weighted by atomic mass is 10.2. The fourth-order valence-electron chi connectivity index (χ4n) is 2.31. The van der Waals surface area contributed by atoms with Gasteiger partial charge < -0.3 is 10.2 Å². The van der Waals surface area contributed by atoms with Gasteiger partial charge in [0.25, 0.3) is 0 Å². The van der Waals surface area contributed by atoms with Crippen LogP contribution in [0.15, 0.2) is 24.5 Å². The van der Waals surface area contributed by atoms with Gasteiger partial charge in [0.05, 0.1) is 0 Å². The zero-order valence-corrected chi connectivity index (χ0v) is 11.0. The van der Waals surface area contributed by atoms with E-state index >= 15 is 0 Å². The van der Waals surface area contributed by atoms with Crippen molar-refractivity contribution in [1.82, 2.24) is 25.5 Å². The van der Waals surface area contributed by atoms with Crippen molar-refractivity contribution in [3.05, 3.63) is 35.9 Å². The fourth-order valence-corrected chi connectivity index (χ4v) is 2.31. The molecule has 1 fully saturated rings. The Morgan fingerprint density at radius 2 is 2.21 bits per heavy atom. The van der Waals surface area contributed by atoms with Gasteiger partial charge in [-0.2, -0.15) is 4.98 Å². The monoisotopic (exact) mass is 258 g/mol. The minimum absolute atomic E-state index is 0.482. The standard InChI is InChI=1S/C13H18N6/c1-10-9-19(7-6-15-10)13-16-12(17-18-13)8-11-2-4-14-5-3-11/h2-5,10,15H,6-9H2,1H3,(H,16,17,18)/t10-/m1/s1. The van der Waals surface area contributed by atoms with Crippen molar-refractivity contribution in [1.29, 1.82) is 0 Å². The molecule has 1 atom stereocenters. The van der Waals surface area contributed by atoms with Crippen molar-refractivity contribution in [3.8, 4) is 0 Å². The first-order chi connectivity index (χ1) is 9.31. The van der Waals surface area contributed by atoms with E-state index in [1.54, 1.807) is 12.4 Å². The van der Waals surface area contributed by atoms with Crippen LogP contribution in [0.4, 0.5) is 5.95 Å². The average Bonchev–Trinajstić information content (AvgIpc) is 2.88.